The van der Waals surface area contributed by atoms with Gasteiger partial charge in [0.2, 0.25) is 0 Å². The second-order valence-electron chi connectivity index (χ2n) is 9.54. The molecule has 1 N–H and O–H groups in total. The number of hydrogen-bond donors (Lipinski definition) is 1. The van der Waals surface area contributed by atoms with Crippen molar-refractivity contribution in [2.75, 3.05) is 6.61 Å². The molecule has 2 heterocycles. The maximum atomic E-state index is 13.1. The third-order valence-electron chi connectivity index (χ3n) is 7.16. The van der Waals surface area contributed by atoms with E-state index in [1.807, 2.05) is 12.1 Å². The Balaban J connectivity index is 1.71. The van der Waals surface area contributed by atoms with Gasteiger partial charge < -0.3 is 9.72 Å². The fourth-order valence-corrected chi connectivity index (χ4v) is 5.20. The normalized spacial score (nSPS) is 15.6. The Labute approximate surface area is 205 Å². The highest BCUT2D eigenvalue weighted by Gasteiger charge is 2.32. The summed E-state index contributed by atoms with van der Waals surface area (Å²) in [7, 11) is 0. The molecule has 35 heavy (non-hydrogen) atoms. The number of pyridine rings is 1. The van der Waals surface area contributed by atoms with E-state index in [-0.39, 0.29) is 24.1 Å². The number of ether oxygens (including phenoxy) is 1. The average molecular weight is 481 g/mol. The standard InChI is InChI=1S/C26H36N6O3/c1-5-23(25-28-29-30-32(25)16-24(33)35-6-2)31(21-10-8-7-9-11-21)15-20-14-19-12-17(3)18(4)13-22(19)27-26(20)34/h12-14,21,23H,5-11,15-16H2,1-4H3,(H,27,34)/t23-/m1/s1. The largest absolute Gasteiger partial charge is 0.465 e. The third-order valence-corrected chi connectivity index (χ3v) is 7.16. The summed E-state index contributed by atoms with van der Waals surface area (Å²) in [5.41, 5.74) is 3.88. The van der Waals surface area contributed by atoms with Crippen molar-refractivity contribution < 1.29 is 9.53 Å². The molecule has 1 fully saturated rings. The van der Waals surface area contributed by atoms with Gasteiger partial charge in [-0.05, 0) is 85.2 Å². The summed E-state index contributed by atoms with van der Waals surface area (Å²) in [6.07, 6.45) is 6.45. The Kier molecular flexibility index (Phi) is 7.95. The van der Waals surface area contributed by atoms with Crippen LogP contribution in [0.15, 0.2) is 23.0 Å². The number of rotatable bonds is 9. The summed E-state index contributed by atoms with van der Waals surface area (Å²) in [6.45, 7) is 8.80. The van der Waals surface area contributed by atoms with E-state index in [1.165, 1.54) is 12.0 Å². The molecule has 1 saturated carbocycles. The van der Waals surface area contributed by atoms with Crippen LogP contribution in [0.5, 0.6) is 0 Å². The van der Waals surface area contributed by atoms with Crippen molar-refractivity contribution in [2.24, 2.45) is 0 Å². The number of benzene rings is 1. The topological polar surface area (TPSA) is 106 Å². The Hall–Kier alpha value is -3.07. The summed E-state index contributed by atoms with van der Waals surface area (Å²) >= 11 is 0. The number of carbonyl (C=O) groups is 1. The molecular formula is C26H36N6O3. The van der Waals surface area contributed by atoms with Crippen molar-refractivity contribution in [3.8, 4) is 0 Å². The molecule has 1 aromatic carbocycles. The van der Waals surface area contributed by atoms with Crippen molar-refractivity contribution in [3.05, 3.63) is 51.1 Å². The van der Waals surface area contributed by atoms with Crippen LogP contribution in [-0.4, -0.2) is 48.7 Å². The summed E-state index contributed by atoms with van der Waals surface area (Å²) in [6, 6.07) is 6.37. The van der Waals surface area contributed by atoms with Crippen LogP contribution >= 0.6 is 0 Å². The zero-order valence-corrected chi connectivity index (χ0v) is 21.2. The fraction of sp³-hybridized carbons (Fsp3) is 0.577. The lowest BCUT2D eigenvalue weighted by molar-refractivity contribution is -0.144. The number of aromatic nitrogens is 5. The van der Waals surface area contributed by atoms with E-state index in [0.717, 1.165) is 54.1 Å². The minimum Gasteiger partial charge on any atom is -0.465 e. The minimum absolute atomic E-state index is 0.0274. The lowest BCUT2D eigenvalue weighted by Gasteiger charge is -2.39. The molecule has 0 amide bonds. The van der Waals surface area contributed by atoms with Gasteiger partial charge in [-0.25, -0.2) is 4.68 Å². The smallest absolute Gasteiger partial charge is 0.327 e. The first-order valence-electron chi connectivity index (χ1n) is 12.7. The number of carbonyl (C=O) groups excluding carboxylic acids is 1. The Bertz CT molecular complexity index is 1230. The molecule has 9 nitrogen and oxygen atoms in total. The van der Waals surface area contributed by atoms with Crippen LogP contribution in [-0.2, 0) is 22.6 Å². The number of aromatic amines is 1. The second-order valence-corrected chi connectivity index (χ2v) is 9.54. The summed E-state index contributed by atoms with van der Waals surface area (Å²) in [5.74, 6) is 0.270. The second kappa shape index (κ2) is 11.1. The van der Waals surface area contributed by atoms with Gasteiger partial charge in [-0.3, -0.25) is 14.5 Å². The van der Waals surface area contributed by atoms with E-state index >= 15 is 0 Å². The van der Waals surface area contributed by atoms with Gasteiger partial charge >= 0.3 is 5.97 Å². The van der Waals surface area contributed by atoms with Crippen LogP contribution in [0.3, 0.4) is 0 Å². The molecule has 0 radical (unpaired) electrons. The first-order valence-corrected chi connectivity index (χ1v) is 12.7. The SMILES string of the molecule is CCOC(=O)Cn1nnnc1[C@@H](CC)N(Cc1cc2cc(C)c(C)cc2[nH]c1=O)C1CCCCC1. The molecule has 0 spiro atoms. The summed E-state index contributed by atoms with van der Waals surface area (Å²) < 4.78 is 6.66. The highest BCUT2D eigenvalue weighted by Crippen LogP contribution is 2.33. The van der Waals surface area contributed by atoms with E-state index in [0.29, 0.717) is 25.0 Å². The monoisotopic (exact) mass is 480 g/mol. The van der Waals surface area contributed by atoms with Crippen molar-refractivity contribution >= 4 is 16.9 Å². The van der Waals surface area contributed by atoms with Gasteiger partial charge in [0.05, 0.1) is 12.6 Å². The lowest BCUT2D eigenvalue weighted by Crippen LogP contribution is -2.41. The Morgan fingerprint density at radius 1 is 1.17 bits per heavy atom. The zero-order chi connectivity index (χ0) is 24.9. The van der Waals surface area contributed by atoms with Gasteiger partial charge in [0.15, 0.2) is 5.82 Å². The van der Waals surface area contributed by atoms with Gasteiger partial charge in [-0.2, -0.15) is 0 Å². The predicted octanol–water partition coefficient (Wildman–Crippen LogP) is 3.98. The van der Waals surface area contributed by atoms with Gasteiger partial charge in [0, 0.05) is 23.7 Å². The third kappa shape index (κ3) is 5.61. The molecule has 2 aromatic heterocycles. The van der Waals surface area contributed by atoms with E-state index in [1.54, 1.807) is 11.6 Å². The number of hydrogen-bond acceptors (Lipinski definition) is 7. The number of tetrazole rings is 1. The first-order chi connectivity index (χ1) is 16.9. The van der Waals surface area contributed by atoms with Crippen LogP contribution in [0, 0.1) is 13.8 Å². The van der Waals surface area contributed by atoms with E-state index in [9.17, 15) is 9.59 Å². The van der Waals surface area contributed by atoms with E-state index in [4.69, 9.17) is 4.74 Å². The molecule has 1 atom stereocenters. The fourth-order valence-electron chi connectivity index (χ4n) is 5.20. The summed E-state index contributed by atoms with van der Waals surface area (Å²) in [4.78, 5) is 30.8. The quantitative estimate of drug-likeness (QED) is 0.462. The van der Waals surface area contributed by atoms with Crippen molar-refractivity contribution in [3.63, 3.8) is 0 Å². The first kappa shape index (κ1) is 25.0. The molecule has 0 unspecified atom stereocenters. The predicted molar refractivity (Wildman–Crippen MR) is 134 cm³/mol. The number of nitrogens with one attached hydrogen (secondary N) is 1. The maximum absolute atomic E-state index is 13.1. The van der Waals surface area contributed by atoms with Crippen LogP contribution in [0.1, 0.15) is 80.9 Å². The van der Waals surface area contributed by atoms with Crippen LogP contribution in [0.2, 0.25) is 0 Å². The van der Waals surface area contributed by atoms with Crippen molar-refractivity contribution in [1.29, 1.82) is 0 Å². The highest BCUT2D eigenvalue weighted by molar-refractivity contribution is 5.80. The molecule has 188 valence electrons. The number of aryl methyl sites for hydroxylation is 2. The van der Waals surface area contributed by atoms with Crippen LogP contribution < -0.4 is 5.56 Å². The van der Waals surface area contributed by atoms with Gasteiger partial charge in [0.25, 0.3) is 5.56 Å². The zero-order valence-electron chi connectivity index (χ0n) is 21.2. The van der Waals surface area contributed by atoms with E-state index in [2.05, 4.69) is 52.2 Å². The number of esters is 1. The summed E-state index contributed by atoms with van der Waals surface area (Å²) in [5, 5.41) is 13.3. The molecular weight excluding hydrogens is 444 g/mol. The highest BCUT2D eigenvalue weighted by atomic mass is 16.5. The van der Waals surface area contributed by atoms with Crippen LogP contribution in [0.4, 0.5) is 0 Å². The Morgan fingerprint density at radius 3 is 2.63 bits per heavy atom. The molecule has 3 aromatic rings. The number of nitrogens with zero attached hydrogens (tertiary/aromatic N) is 5. The average Bonchev–Trinajstić information content (AvgIpc) is 3.29. The maximum Gasteiger partial charge on any atom is 0.327 e. The molecule has 0 aliphatic heterocycles. The Morgan fingerprint density at radius 2 is 1.91 bits per heavy atom. The molecule has 0 saturated heterocycles. The number of fused-ring (bicyclic) bond motifs is 1. The van der Waals surface area contributed by atoms with Crippen molar-refractivity contribution in [2.45, 2.75) is 91.4 Å². The molecule has 0 bridgehead atoms. The molecule has 4 rings (SSSR count). The van der Waals surface area contributed by atoms with Gasteiger partial charge in [-0.15, -0.1) is 5.10 Å². The molecule has 9 heteroatoms. The van der Waals surface area contributed by atoms with Crippen LogP contribution in [0.25, 0.3) is 10.9 Å². The van der Waals surface area contributed by atoms with Gasteiger partial charge in [0.1, 0.15) is 6.54 Å². The molecule has 1 aliphatic rings. The molecule has 1 aliphatic carbocycles. The minimum atomic E-state index is -0.364. The van der Waals surface area contributed by atoms with E-state index < -0.39 is 0 Å². The number of H-pyrrole nitrogens is 1. The lowest BCUT2D eigenvalue weighted by atomic mass is 9.92. The van der Waals surface area contributed by atoms with Gasteiger partial charge in [-0.1, -0.05) is 26.2 Å². The van der Waals surface area contributed by atoms with Crippen molar-refractivity contribution in [1.82, 2.24) is 30.1 Å².